The number of aryl methyl sites for hydroxylation is 1. The monoisotopic (exact) mass is 247 g/mol. The molecule has 0 aromatic heterocycles. The first-order valence-corrected chi connectivity index (χ1v) is 4.73. The molecule has 0 atom stereocenters. The molecule has 0 fully saturated rings. The largest absolute Gasteiger partial charge is 0.506 e. The van der Waals surface area contributed by atoms with E-state index in [9.17, 15) is 9.50 Å². The maximum atomic E-state index is 13.4. The number of hydrogen-bond acceptors (Lipinski definition) is 2. The van der Waals surface area contributed by atoms with Gasteiger partial charge in [0.1, 0.15) is 11.6 Å². The molecule has 0 unspecified atom stereocenters. The van der Waals surface area contributed by atoms with Crippen molar-refractivity contribution in [1.29, 1.82) is 0 Å². The van der Waals surface area contributed by atoms with Crippen LogP contribution in [-0.4, -0.2) is 11.7 Å². The van der Waals surface area contributed by atoms with Crippen LogP contribution in [0.1, 0.15) is 11.1 Å². The van der Waals surface area contributed by atoms with Gasteiger partial charge in [-0.3, -0.25) is 0 Å². The minimum absolute atomic E-state index is 0.0476. The predicted molar refractivity (Wildman–Crippen MR) is 53.3 cm³/mol. The third-order valence-corrected chi connectivity index (χ3v) is 2.47. The van der Waals surface area contributed by atoms with Crippen LogP contribution >= 0.6 is 15.9 Å². The maximum Gasteiger partial charge on any atom is 0.135 e. The second-order valence-electron chi connectivity index (χ2n) is 2.86. The molecule has 0 heterocycles. The summed E-state index contributed by atoms with van der Waals surface area (Å²) in [4.78, 5) is 0. The molecule has 0 saturated heterocycles. The Hall–Kier alpha value is -0.610. The topological polar surface area (TPSA) is 46.2 Å². The fraction of sp³-hybridized carbons (Fsp3) is 0.333. The van der Waals surface area contributed by atoms with Crippen LogP contribution in [0.5, 0.6) is 5.75 Å². The van der Waals surface area contributed by atoms with Crippen molar-refractivity contribution >= 4 is 15.9 Å². The molecule has 0 saturated carbocycles. The number of aromatic hydroxyl groups is 1. The summed E-state index contributed by atoms with van der Waals surface area (Å²) in [6, 6.07) is 1.55. The molecule has 0 aliphatic carbocycles. The number of phenols is 1. The molecule has 0 spiro atoms. The number of rotatable bonds is 2. The standard InChI is InChI=1S/C9H11BrFNO/c1-5-4-7(10)9(13)6(2-3-12)8(5)11/h4,13H,2-3,12H2,1H3. The second-order valence-corrected chi connectivity index (χ2v) is 3.71. The first kappa shape index (κ1) is 10.5. The van der Waals surface area contributed by atoms with Gasteiger partial charge in [0.15, 0.2) is 0 Å². The first-order valence-electron chi connectivity index (χ1n) is 3.94. The SMILES string of the molecule is Cc1cc(Br)c(O)c(CCN)c1F. The molecule has 0 radical (unpaired) electrons. The summed E-state index contributed by atoms with van der Waals surface area (Å²) < 4.78 is 13.9. The van der Waals surface area contributed by atoms with Crippen LogP contribution in [0, 0.1) is 12.7 Å². The van der Waals surface area contributed by atoms with E-state index in [2.05, 4.69) is 15.9 Å². The average Bonchev–Trinajstić information content (AvgIpc) is 2.09. The highest BCUT2D eigenvalue weighted by Crippen LogP contribution is 2.32. The average molecular weight is 248 g/mol. The highest BCUT2D eigenvalue weighted by Gasteiger charge is 2.13. The van der Waals surface area contributed by atoms with Crippen molar-refractivity contribution < 1.29 is 9.50 Å². The number of halogens is 2. The van der Waals surface area contributed by atoms with E-state index in [-0.39, 0.29) is 17.1 Å². The zero-order valence-electron chi connectivity index (χ0n) is 7.27. The van der Waals surface area contributed by atoms with Crippen LogP contribution in [0.2, 0.25) is 0 Å². The van der Waals surface area contributed by atoms with Gasteiger partial charge in [0, 0.05) is 5.56 Å². The van der Waals surface area contributed by atoms with E-state index in [1.54, 1.807) is 13.0 Å². The molecule has 1 aromatic rings. The lowest BCUT2D eigenvalue weighted by Crippen LogP contribution is -2.06. The zero-order valence-corrected chi connectivity index (χ0v) is 8.86. The smallest absolute Gasteiger partial charge is 0.135 e. The lowest BCUT2D eigenvalue weighted by Gasteiger charge is -2.08. The fourth-order valence-corrected chi connectivity index (χ4v) is 1.76. The summed E-state index contributed by atoms with van der Waals surface area (Å²) in [5.74, 6) is -0.417. The van der Waals surface area contributed by atoms with Gasteiger partial charge in [0.05, 0.1) is 4.47 Å². The Labute approximate surface area is 84.7 Å². The van der Waals surface area contributed by atoms with E-state index < -0.39 is 0 Å². The van der Waals surface area contributed by atoms with Gasteiger partial charge in [-0.05, 0) is 47.4 Å². The van der Waals surface area contributed by atoms with Gasteiger partial charge in [-0.2, -0.15) is 0 Å². The molecule has 13 heavy (non-hydrogen) atoms. The summed E-state index contributed by atoms with van der Waals surface area (Å²) in [7, 11) is 0. The van der Waals surface area contributed by atoms with Gasteiger partial charge >= 0.3 is 0 Å². The maximum absolute atomic E-state index is 13.4. The molecular formula is C9H11BrFNO. The highest BCUT2D eigenvalue weighted by atomic mass is 79.9. The Morgan fingerprint density at radius 3 is 2.77 bits per heavy atom. The lowest BCUT2D eigenvalue weighted by molar-refractivity contribution is 0.454. The highest BCUT2D eigenvalue weighted by molar-refractivity contribution is 9.10. The fourth-order valence-electron chi connectivity index (χ4n) is 1.18. The third kappa shape index (κ3) is 2.00. The van der Waals surface area contributed by atoms with Crippen LogP contribution in [0.3, 0.4) is 0 Å². The van der Waals surface area contributed by atoms with E-state index in [0.717, 1.165) is 0 Å². The van der Waals surface area contributed by atoms with Crippen LogP contribution in [0.25, 0.3) is 0 Å². The van der Waals surface area contributed by atoms with Crippen LogP contribution in [0.15, 0.2) is 10.5 Å². The molecule has 2 nitrogen and oxygen atoms in total. The minimum atomic E-state index is -0.369. The van der Waals surface area contributed by atoms with Crippen molar-refractivity contribution in [3.8, 4) is 5.75 Å². The molecule has 1 aromatic carbocycles. The molecule has 0 aliphatic heterocycles. The van der Waals surface area contributed by atoms with Crippen molar-refractivity contribution in [2.45, 2.75) is 13.3 Å². The van der Waals surface area contributed by atoms with Crippen molar-refractivity contribution in [2.24, 2.45) is 5.73 Å². The molecule has 4 heteroatoms. The number of benzene rings is 1. The van der Waals surface area contributed by atoms with Gasteiger partial charge in [-0.15, -0.1) is 0 Å². The van der Waals surface area contributed by atoms with Gasteiger partial charge in [-0.25, -0.2) is 4.39 Å². The Balaban J connectivity index is 3.28. The Kier molecular flexibility index (Phi) is 3.27. The van der Waals surface area contributed by atoms with Gasteiger partial charge < -0.3 is 10.8 Å². The molecule has 1 rings (SSSR count). The molecular weight excluding hydrogens is 237 g/mol. The molecule has 0 amide bonds. The van der Waals surface area contributed by atoms with Crippen molar-refractivity contribution in [2.75, 3.05) is 6.54 Å². The summed E-state index contributed by atoms with van der Waals surface area (Å²) in [5, 5.41) is 9.49. The summed E-state index contributed by atoms with van der Waals surface area (Å²) in [6.07, 6.45) is 0.345. The van der Waals surface area contributed by atoms with E-state index in [4.69, 9.17) is 5.73 Å². The van der Waals surface area contributed by atoms with E-state index >= 15 is 0 Å². The van der Waals surface area contributed by atoms with Crippen molar-refractivity contribution in [3.63, 3.8) is 0 Å². The van der Waals surface area contributed by atoms with Gasteiger partial charge in [0.2, 0.25) is 0 Å². The third-order valence-electron chi connectivity index (χ3n) is 1.86. The zero-order chi connectivity index (χ0) is 10.0. The quantitative estimate of drug-likeness (QED) is 0.841. The summed E-state index contributed by atoms with van der Waals surface area (Å²) >= 11 is 3.14. The first-order chi connectivity index (χ1) is 6.07. The van der Waals surface area contributed by atoms with Crippen molar-refractivity contribution in [1.82, 2.24) is 0 Å². The molecule has 3 N–H and O–H groups in total. The summed E-state index contributed by atoms with van der Waals surface area (Å²) in [5.41, 5.74) is 6.10. The van der Waals surface area contributed by atoms with E-state index in [1.807, 2.05) is 0 Å². The minimum Gasteiger partial charge on any atom is -0.506 e. The molecule has 72 valence electrons. The number of phenolic OH excluding ortho intramolecular Hbond substituents is 1. The Bertz CT molecular complexity index is 302. The second kappa shape index (κ2) is 4.07. The number of hydrogen-bond donors (Lipinski definition) is 2. The summed E-state index contributed by atoms with van der Waals surface area (Å²) in [6.45, 7) is 1.97. The molecule has 0 bridgehead atoms. The number of nitrogens with two attached hydrogens (primary N) is 1. The van der Waals surface area contributed by atoms with Crippen LogP contribution < -0.4 is 5.73 Å². The Morgan fingerprint density at radius 2 is 2.23 bits per heavy atom. The normalized spacial score (nSPS) is 10.5. The van der Waals surface area contributed by atoms with Crippen LogP contribution in [-0.2, 0) is 6.42 Å². The van der Waals surface area contributed by atoms with Crippen molar-refractivity contribution in [3.05, 3.63) is 27.5 Å². The van der Waals surface area contributed by atoms with Gasteiger partial charge in [0.25, 0.3) is 0 Å². The Morgan fingerprint density at radius 1 is 1.62 bits per heavy atom. The van der Waals surface area contributed by atoms with Crippen LogP contribution in [0.4, 0.5) is 4.39 Å². The van der Waals surface area contributed by atoms with E-state index in [1.165, 1.54) is 0 Å². The van der Waals surface area contributed by atoms with Gasteiger partial charge in [-0.1, -0.05) is 0 Å². The van der Waals surface area contributed by atoms with E-state index in [0.29, 0.717) is 23.0 Å². The molecule has 0 aliphatic rings. The lowest BCUT2D eigenvalue weighted by atomic mass is 10.1. The predicted octanol–water partition coefficient (Wildman–Crippen LogP) is 2.10.